The number of urea groups is 1. The second-order valence-electron chi connectivity index (χ2n) is 7.43. The summed E-state index contributed by atoms with van der Waals surface area (Å²) in [5, 5.41) is 7.69. The lowest BCUT2D eigenvalue weighted by atomic mass is 10.0. The predicted octanol–water partition coefficient (Wildman–Crippen LogP) is 4.75. The van der Waals surface area contributed by atoms with Crippen LogP contribution in [0.4, 0.5) is 10.5 Å². The van der Waals surface area contributed by atoms with Crippen LogP contribution in [0.1, 0.15) is 28.9 Å². The van der Waals surface area contributed by atoms with Gasteiger partial charge in [0.2, 0.25) is 11.7 Å². The maximum Gasteiger partial charge on any atom is 0.322 e. The first-order valence-electron chi connectivity index (χ1n) is 9.82. The number of anilines is 1. The molecule has 0 bridgehead atoms. The SMILES string of the molecule is Cc1ccc(NC(=O)N2Cc3[nH]cnc3C[C@H]2c2nc(-c3ccc(Cl)cc3)no2)cc1. The van der Waals surface area contributed by atoms with Gasteiger partial charge in [-0.25, -0.2) is 9.78 Å². The Morgan fingerprint density at radius 2 is 1.97 bits per heavy atom. The summed E-state index contributed by atoms with van der Waals surface area (Å²) in [7, 11) is 0. The van der Waals surface area contributed by atoms with Crippen molar-refractivity contribution < 1.29 is 9.32 Å². The van der Waals surface area contributed by atoms with Gasteiger partial charge in [0.25, 0.3) is 0 Å². The van der Waals surface area contributed by atoms with Crippen LogP contribution in [0.25, 0.3) is 11.4 Å². The molecule has 0 fully saturated rings. The van der Waals surface area contributed by atoms with E-state index in [0.29, 0.717) is 29.7 Å². The minimum absolute atomic E-state index is 0.250. The van der Waals surface area contributed by atoms with E-state index in [1.54, 1.807) is 23.4 Å². The van der Waals surface area contributed by atoms with Gasteiger partial charge in [0.05, 0.1) is 24.3 Å². The van der Waals surface area contributed by atoms with E-state index in [0.717, 1.165) is 28.2 Å². The van der Waals surface area contributed by atoms with E-state index in [2.05, 4.69) is 25.4 Å². The number of hydrogen-bond donors (Lipinski definition) is 2. The molecule has 0 saturated carbocycles. The van der Waals surface area contributed by atoms with Crippen LogP contribution in [0.2, 0.25) is 5.02 Å². The van der Waals surface area contributed by atoms with Crippen molar-refractivity contribution in [3.05, 3.63) is 82.7 Å². The first-order valence-corrected chi connectivity index (χ1v) is 10.2. The number of imidazole rings is 1. The molecule has 0 radical (unpaired) electrons. The number of halogens is 1. The molecule has 1 aliphatic heterocycles. The summed E-state index contributed by atoms with van der Waals surface area (Å²) >= 11 is 5.97. The number of rotatable bonds is 3. The Morgan fingerprint density at radius 1 is 1.19 bits per heavy atom. The Morgan fingerprint density at radius 3 is 2.74 bits per heavy atom. The van der Waals surface area contributed by atoms with Gasteiger partial charge in [0.1, 0.15) is 6.04 Å². The number of aromatic nitrogens is 4. The van der Waals surface area contributed by atoms with Crippen molar-refractivity contribution in [2.75, 3.05) is 5.32 Å². The van der Waals surface area contributed by atoms with Gasteiger partial charge in [0, 0.05) is 22.7 Å². The average Bonchev–Trinajstić information content (AvgIpc) is 3.44. The summed E-state index contributed by atoms with van der Waals surface area (Å²) in [6.45, 7) is 2.36. The van der Waals surface area contributed by atoms with Crippen LogP contribution in [0.15, 0.2) is 59.4 Å². The number of H-pyrrole nitrogens is 1. The molecule has 2 N–H and O–H groups in total. The van der Waals surface area contributed by atoms with Crippen molar-refractivity contribution in [3.8, 4) is 11.4 Å². The fraction of sp³-hybridized carbons (Fsp3) is 0.182. The molecule has 31 heavy (non-hydrogen) atoms. The summed E-state index contributed by atoms with van der Waals surface area (Å²) in [6.07, 6.45) is 2.11. The number of aryl methyl sites for hydroxylation is 1. The molecule has 2 aromatic carbocycles. The Bertz CT molecular complexity index is 1220. The lowest BCUT2D eigenvalue weighted by Crippen LogP contribution is -2.41. The highest BCUT2D eigenvalue weighted by Crippen LogP contribution is 2.32. The highest BCUT2D eigenvalue weighted by atomic mass is 35.5. The van der Waals surface area contributed by atoms with Crippen molar-refractivity contribution in [1.82, 2.24) is 25.0 Å². The fourth-order valence-corrected chi connectivity index (χ4v) is 3.71. The molecular weight excluding hydrogens is 416 g/mol. The molecule has 3 heterocycles. The van der Waals surface area contributed by atoms with E-state index in [4.69, 9.17) is 16.1 Å². The van der Waals surface area contributed by atoms with E-state index in [-0.39, 0.29) is 6.03 Å². The minimum atomic E-state index is -0.435. The molecule has 2 aromatic heterocycles. The summed E-state index contributed by atoms with van der Waals surface area (Å²) in [5.41, 5.74) is 4.41. The van der Waals surface area contributed by atoms with E-state index in [9.17, 15) is 4.79 Å². The maximum atomic E-state index is 13.2. The van der Waals surface area contributed by atoms with Gasteiger partial charge in [-0.15, -0.1) is 0 Å². The molecule has 9 heteroatoms. The third kappa shape index (κ3) is 3.89. The topological polar surface area (TPSA) is 99.9 Å². The van der Waals surface area contributed by atoms with Gasteiger partial charge >= 0.3 is 6.03 Å². The van der Waals surface area contributed by atoms with Gasteiger partial charge in [-0.3, -0.25) is 0 Å². The predicted molar refractivity (Wildman–Crippen MR) is 116 cm³/mol. The van der Waals surface area contributed by atoms with Gasteiger partial charge in [-0.1, -0.05) is 34.5 Å². The minimum Gasteiger partial charge on any atom is -0.347 e. The van der Waals surface area contributed by atoms with E-state index in [1.165, 1.54) is 0 Å². The summed E-state index contributed by atoms with van der Waals surface area (Å²) in [4.78, 5) is 26.9. The fourth-order valence-electron chi connectivity index (χ4n) is 3.59. The first-order chi connectivity index (χ1) is 15.1. The van der Waals surface area contributed by atoms with Gasteiger partial charge in [-0.2, -0.15) is 4.98 Å². The maximum absolute atomic E-state index is 13.2. The largest absolute Gasteiger partial charge is 0.347 e. The third-order valence-corrected chi connectivity index (χ3v) is 5.54. The third-order valence-electron chi connectivity index (χ3n) is 5.29. The molecule has 0 spiro atoms. The highest BCUT2D eigenvalue weighted by molar-refractivity contribution is 6.30. The van der Waals surface area contributed by atoms with Crippen molar-refractivity contribution in [2.45, 2.75) is 25.9 Å². The quantitative estimate of drug-likeness (QED) is 0.484. The summed E-state index contributed by atoms with van der Waals surface area (Å²) < 4.78 is 5.57. The number of benzene rings is 2. The molecule has 156 valence electrons. The van der Waals surface area contributed by atoms with Crippen molar-refractivity contribution >= 4 is 23.3 Å². The Hall–Kier alpha value is -3.65. The number of hydrogen-bond acceptors (Lipinski definition) is 5. The molecule has 4 aromatic rings. The van der Waals surface area contributed by atoms with E-state index < -0.39 is 6.04 Å². The normalized spacial score (nSPS) is 15.5. The second kappa shape index (κ2) is 7.88. The number of carbonyl (C=O) groups is 1. The summed E-state index contributed by atoms with van der Waals surface area (Å²) in [5.74, 6) is 0.802. The van der Waals surface area contributed by atoms with Crippen LogP contribution in [0.5, 0.6) is 0 Å². The number of nitrogens with zero attached hydrogens (tertiary/aromatic N) is 4. The van der Waals surface area contributed by atoms with Crippen LogP contribution in [0.3, 0.4) is 0 Å². The van der Waals surface area contributed by atoms with Crippen LogP contribution < -0.4 is 5.32 Å². The van der Waals surface area contributed by atoms with E-state index in [1.807, 2.05) is 43.3 Å². The molecule has 8 nitrogen and oxygen atoms in total. The van der Waals surface area contributed by atoms with E-state index >= 15 is 0 Å². The van der Waals surface area contributed by atoms with Gasteiger partial charge < -0.3 is 19.7 Å². The van der Waals surface area contributed by atoms with Crippen molar-refractivity contribution in [1.29, 1.82) is 0 Å². The lowest BCUT2D eigenvalue weighted by Gasteiger charge is -2.32. The Labute approximate surface area is 183 Å². The van der Waals surface area contributed by atoms with Crippen LogP contribution >= 0.6 is 11.6 Å². The molecular formula is C22H19ClN6O2. The monoisotopic (exact) mass is 434 g/mol. The van der Waals surface area contributed by atoms with Crippen LogP contribution in [-0.4, -0.2) is 31.0 Å². The van der Waals surface area contributed by atoms with Crippen LogP contribution in [-0.2, 0) is 13.0 Å². The number of fused-ring (bicyclic) bond motifs is 1. The molecule has 5 rings (SSSR count). The van der Waals surface area contributed by atoms with Crippen molar-refractivity contribution in [2.24, 2.45) is 0 Å². The molecule has 1 atom stereocenters. The zero-order chi connectivity index (χ0) is 21.4. The molecule has 0 aliphatic carbocycles. The highest BCUT2D eigenvalue weighted by Gasteiger charge is 2.36. The average molecular weight is 435 g/mol. The smallest absolute Gasteiger partial charge is 0.322 e. The Balaban J connectivity index is 1.44. The zero-order valence-electron chi connectivity index (χ0n) is 16.7. The van der Waals surface area contributed by atoms with Gasteiger partial charge in [-0.05, 0) is 43.3 Å². The Kier molecular flexibility index (Phi) is 4.91. The first kappa shape index (κ1) is 19.3. The van der Waals surface area contributed by atoms with Gasteiger partial charge in [0.15, 0.2) is 0 Å². The molecule has 1 aliphatic rings. The number of aromatic amines is 1. The van der Waals surface area contributed by atoms with Crippen molar-refractivity contribution in [3.63, 3.8) is 0 Å². The number of nitrogens with one attached hydrogen (secondary N) is 2. The second-order valence-corrected chi connectivity index (χ2v) is 7.87. The molecule has 0 saturated heterocycles. The molecule has 2 amide bonds. The molecule has 0 unspecified atom stereocenters. The lowest BCUT2D eigenvalue weighted by molar-refractivity contribution is 0.155. The summed E-state index contributed by atoms with van der Waals surface area (Å²) in [6, 6.07) is 14.2. The number of amides is 2. The standard InChI is InChI=1S/C22H19ClN6O2/c1-13-2-8-16(9-3-13)26-22(30)29-11-18-17(24-12-25-18)10-19(29)21-27-20(28-31-21)14-4-6-15(23)7-5-14/h2-9,12,19H,10-11H2,1H3,(H,24,25)(H,26,30)/t19-/m0/s1. The van der Waals surface area contributed by atoms with Crippen LogP contribution in [0, 0.1) is 6.92 Å². The zero-order valence-corrected chi connectivity index (χ0v) is 17.4. The number of carbonyl (C=O) groups excluding carboxylic acids is 1.